The highest BCUT2D eigenvalue weighted by atomic mass is 16.7. The van der Waals surface area contributed by atoms with Crippen molar-refractivity contribution in [3.63, 3.8) is 0 Å². The Hall–Kier alpha value is -1.40. The molecule has 0 spiro atoms. The van der Waals surface area contributed by atoms with Crippen LogP contribution in [0.4, 0.5) is 0 Å². The fourth-order valence-corrected chi connectivity index (χ4v) is 2.06. The largest absolute Gasteiger partial charge is 0.350 e. The Morgan fingerprint density at radius 2 is 2.05 bits per heavy atom. The minimum atomic E-state index is -0.480. The van der Waals surface area contributed by atoms with E-state index in [2.05, 4.69) is 4.98 Å². The molecule has 0 unspecified atom stereocenters. The quantitative estimate of drug-likeness (QED) is 0.873. The van der Waals surface area contributed by atoms with Crippen LogP contribution in [0.15, 0.2) is 21.9 Å². The number of aromatic nitrogens is 2. The lowest BCUT2D eigenvalue weighted by Crippen LogP contribution is -2.39. The van der Waals surface area contributed by atoms with E-state index in [9.17, 15) is 9.59 Å². The second-order valence-corrected chi connectivity index (χ2v) is 5.33. The molecule has 1 aliphatic rings. The lowest BCUT2D eigenvalue weighted by atomic mass is 10.0. The van der Waals surface area contributed by atoms with Crippen molar-refractivity contribution in [1.82, 2.24) is 9.55 Å². The van der Waals surface area contributed by atoms with E-state index in [0.29, 0.717) is 25.7 Å². The molecule has 1 aromatic heterocycles. The third kappa shape index (κ3) is 4.04. The molecule has 1 saturated heterocycles. The van der Waals surface area contributed by atoms with Crippen LogP contribution in [0.1, 0.15) is 26.7 Å². The van der Waals surface area contributed by atoms with Crippen molar-refractivity contribution in [1.29, 1.82) is 0 Å². The topological polar surface area (TPSA) is 73.3 Å². The van der Waals surface area contributed by atoms with E-state index < -0.39 is 5.79 Å². The lowest BCUT2D eigenvalue weighted by molar-refractivity contribution is -0.262. The van der Waals surface area contributed by atoms with E-state index in [1.54, 1.807) is 0 Å². The Balaban J connectivity index is 1.78. The number of rotatable bonds is 4. The maximum absolute atomic E-state index is 11.5. The van der Waals surface area contributed by atoms with Gasteiger partial charge in [0.25, 0.3) is 5.56 Å². The lowest BCUT2D eigenvalue weighted by Gasteiger charge is -2.35. The number of ether oxygens (including phenoxy) is 2. The van der Waals surface area contributed by atoms with Gasteiger partial charge in [0.05, 0.1) is 13.2 Å². The molecule has 1 fully saturated rings. The first-order valence-electron chi connectivity index (χ1n) is 6.54. The summed E-state index contributed by atoms with van der Waals surface area (Å²) < 4.78 is 12.7. The first kappa shape index (κ1) is 14.0. The summed E-state index contributed by atoms with van der Waals surface area (Å²) in [7, 11) is 0. The van der Waals surface area contributed by atoms with E-state index in [1.165, 1.54) is 16.8 Å². The molecule has 0 atom stereocenters. The van der Waals surface area contributed by atoms with Crippen molar-refractivity contribution in [3.05, 3.63) is 33.1 Å². The van der Waals surface area contributed by atoms with E-state index in [1.807, 2.05) is 13.8 Å². The zero-order chi connectivity index (χ0) is 13.9. The molecular weight excluding hydrogens is 248 g/mol. The van der Waals surface area contributed by atoms with Crippen molar-refractivity contribution in [2.45, 2.75) is 39.0 Å². The van der Waals surface area contributed by atoms with Crippen molar-refractivity contribution in [2.24, 2.45) is 5.92 Å². The summed E-state index contributed by atoms with van der Waals surface area (Å²) in [4.78, 5) is 24.6. The van der Waals surface area contributed by atoms with Crippen LogP contribution in [0.2, 0.25) is 0 Å². The highest BCUT2D eigenvalue weighted by molar-refractivity contribution is 4.82. The Morgan fingerprint density at radius 3 is 2.68 bits per heavy atom. The Morgan fingerprint density at radius 1 is 1.37 bits per heavy atom. The van der Waals surface area contributed by atoms with Gasteiger partial charge in [-0.15, -0.1) is 0 Å². The van der Waals surface area contributed by atoms with Crippen molar-refractivity contribution in [3.8, 4) is 0 Å². The summed E-state index contributed by atoms with van der Waals surface area (Å²) in [5, 5.41) is 0. The number of H-pyrrole nitrogens is 1. The molecule has 1 aromatic rings. The van der Waals surface area contributed by atoms with Gasteiger partial charge < -0.3 is 14.0 Å². The van der Waals surface area contributed by atoms with Gasteiger partial charge in [0.2, 0.25) is 0 Å². The van der Waals surface area contributed by atoms with E-state index in [4.69, 9.17) is 9.47 Å². The van der Waals surface area contributed by atoms with Gasteiger partial charge in [-0.25, -0.2) is 4.79 Å². The summed E-state index contributed by atoms with van der Waals surface area (Å²) in [5.41, 5.74) is -0.720. The first-order chi connectivity index (χ1) is 8.96. The Bertz CT molecular complexity index is 522. The zero-order valence-electron chi connectivity index (χ0n) is 11.3. The molecule has 19 heavy (non-hydrogen) atoms. The molecule has 6 heteroatoms. The molecule has 0 aliphatic carbocycles. The average molecular weight is 268 g/mol. The molecule has 106 valence electrons. The van der Waals surface area contributed by atoms with Gasteiger partial charge in [-0.05, 0) is 26.7 Å². The molecule has 2 rings (SSSR count). The summed E-state index contributed by atoms with van der Waals surface area (Å²) in [6.45, 7) is 5.78. The highest BCUT2D eigenvalue weighted by Crippen LogP contribution is 2.23. The van der Waals surface area contributed by atoms with Crippen molar-refractivity contribution >= 4 is 0 Å². The maximum Gasteiger partial charge on any atom is 0.328 e. The second-order valence-electron chi connectivity index (χ2n) is 5.33. The summed E-state index contributed by atoms with van der Waals surface area (Å²) in [6, 6.07) is 1.36. The van der Waals surface area contributed by atoms with Gasteiger partial charge in [0.1, 0.15) is 0 Å². The maximum atomic E-state index is 11.5. The monoisotopic (exact) mass is 268 g/mol. The smallest absolute Gasteiger partial charge is 0.328 e. The molecule has 1 aliphatic heterocycles. The Kier molecular flexibility index (Phi) is 4.21. The molecule has 0 amide bonds. The van der Waals surface area contributed by atoms with Crippen LogP contribution >= 0.6 is 0 Å². The highest BCUT2D eigenvalue weighted by Gasteiger charge is 2.27. The standard InChI is InChI=1S/C13H20N2O4/c1-13(2)18-8-10(9-19-13)4-3-6-15-7-5-11(16)14-12(15)17/h5,7,10H,3-4,6,8-9H2,1-2H3,(H,14,16,17). The summed E-state index contributed by atoms with van der Waals surface area (Å²) >= 11 is 0. The van der Waals surface area contributed by atoms with E-state index >= 15 is 0 Å². The van der Waals surface area contributed by atoms with Gasteiger partial charge in [0.15, 0.2) is 5.79 Å². The predicted molar refractivity (Wildman–Crippen MR) is 70.0 cm³/mol. The van der Waals surface area contributed by atoms with Crippen LogP contribution in [0.5, 0.6) is 0 Å². The molecule has 1 N–H and O–H groups in total. The van der Waals surface area contributed by atoms with Crippen LogP contribution in [0.25, 0.3) is 0 Å². The van der Waals surface area contributed by atoms with Crippen molar-refractivity contribution in [2.75, 3.05) is 13.2 Å². The zero-order valence-corrected chi connectivity index (χ0v) is 11.3. The second kappa shape index (κ2) is 5.71. The van der Waals surface area contributed by atoms with Gasteiger partial charge in [-0.1, -0.05) is 0 Å². The molecule has 0 saturated carbocycles. The van der Waals surface area contributed by atoms with Crippen LogP contribution in [0, 0.1) is 5.92 Å². The number of nitrogens with zero attached hydrogens (tertiary/aromatic N) is 1. The number of nitrogens with one attached hydrogen (secondary N) is 1. The minimum absolute atomic E-state index is 0.357. The number of hydrogen-bond acceptors (Lipinski definition) is 4. The number of hydrogen-bond donors (Lipinski definition) is 1. The molecular formula is C13H20N2O4. The van der Waals surface area contributed by atoms with Gasteiger partial charge in [0, 0.05) is 24.7 Å². The van der Waals surface area contributed by atoms with Gasteiger partial charge >= 0.3 is 5.69 Å². The summed E-state index contributed by atoms with van der Waals surface area (Å²) in [6.07, 6.45) is 3.31. The SMILES string of the molecule is CC1(C)OCC(CCCn2ccc(=O)[nH]c2=O)CO1. The molecule has 6 nitrogen and oxygen atoms in total. The van der Waals surface area contributed by atoms with Crippen LogP contribution in [-0.2, 0) is 16.0 Å². The predicted octanol–water partition coefficient (Wildman–Crippen LogP) is 0.716. The number of aromatic amines is 1. The number of aryl methyl sites for hydroxylation is 1. The molecule has 0 radical (unpaired) electrons. The average Bonchev–Trinajstić information content (AvgIpc) is 2.34. The Labute approximate surface area is 111 Å². The third-order valence-electron chi connectivity index (χ3n) is 3.24. The van der Waals surface area contributed by atoms with Gasteiger partial charge in [-0.3, -0.25) is 9.78 Å². The minimum Gasteiger partial charge on any atom is -0.350 e. The fourth-order valence-electron chi connectivity index (χ4n) is 2.06. The first-order valence-corrected chi connectivity index (χ1v) is 6.54. The van der Waals surface area contributed by atoms with Crippen LogP contribution < -0.4 is 11.2 Å². The summed E-state index contributed by atoms with van der Waals surface area (Å²) in [5.74, 6) is -0.113. The molecule has 0 aromatic carbocycles. The van der Waals surface area contributed by atoms with Crippen molar-refractivity contribution < 1.29 is 9.47 Å². The van der Waals surface area contributed by atoms with Crippen LogP contribution in [-0.4, -0.2) is 28.6 Å². The van der Waals surface area contributed by atoms with Gasteiger partial charge in [-0.2, -0.15) is 0 Å². The van der Waals surface area contributed by atoms with E-state index in [-0.39, 0.29) is 11.2 Å². The third-order valence-corrected chi connectivity index (χ3v) is 3.24. The van der Waals surface area contributed by atoms with Crippen LogP contribution in [0.3, 0.4) is 0 Å². The van der Waals surface area contributed by atoms with E-state index in [0.717, 1.165) is 12.8 Å². The molecule has 0 bridgehead atoms. The fraction of sp³-hybridized carbons (Fsp3) is 0.692. The molecule has 2 heterocycles. The normalized spacial score (nSPS) is 19.5.